The Balaban J connectivity index is 2.00. The van der Waals surface area contributed by atoms with Crippen molar-refractivity contribution < 1.29 is 19.0 Å². The number of halogens is 2. The fourth-order valence-corrected chi connectivity index (χ4v) is 3.10. The summed E-state index contributed by atoms with van der Waals surface area (Å²) in [6, 6.07) is 8.85. The van der Waals surface area contributed by atoms with Gasteiger partial charge in [0.2, 0.25) is 11.7 Å². The van der Waals surface area contributed by atoms with E-state index in [0.29, 0.717) is 40.3 Å². The molecule has 0 atom stereocenters. The lowest BCUT2D eigenvalue weighted by atomic mass is 10.1. The lowest BCUT2D eigenvalue weighted by Gasteiger charge is -2.12. The van der Waals surface area contributed by atoms with Gasteiger partial charge in [-0.05, 0) is 47.9 Å². The average molecular weight is 410 g/mol. The molecule has 0 radical (unpaired) electrons. The molecule has 2 aromatic rings. The van der Waals surface area contributed by atoms with Crippen LogP contribution < -0.4 is 19.5 Å². The molecule has 1 N–H and O–H groups in total. The fourth-order valence-electron chi connectivity index (χ4n) is 2.51. The first-order valence-electron chi connectivity index (χ1n) is 8.19. The molecule has 0 aliphatic carbocycles. The molecular weight excluding hydrogens is 389 g/mol. The number of rotatable bonds is 8. The molecule has 0 saturated heterocycles. The molecule has 2 aromatic carbocycles. The molecule has 7 heteroatoms. The van der Waals surface area contributed by atoms with Gasteiger partial charge in [-0.3, -0.25) is 4.79 Å². The van der Waals surface area contributed by atoms with Gasteiger partial charge in [-0.15, -0.1) is 0 Å². The largest absolute Gasteiger partial charge is 0.493 e. The lowest BCUT2D eigenvalue weighted by Crippen LogP contribution is -2.23. The highest BCUT2D eigenvalue weighted by Crippen LogP contribution is 2.38. The molecule has 144 valence electrons. The molecule has 5 nitrogen and oxygen atoms in total. The summed E-state index contributed by atoms with van der Waals surface area (Å²) in [5.41, 5.74) is 1.56. The monoisotopic (exact) mass is 409 g/mol. The standard InChI is InChI=1S/C20H21Cl2NO4/c1-25-17-11-13(12-18(26-2)20(17)27-3)7-8-19(24)23-10-9-14-15(21)5-4-6-16(14)22/h4-8,11-12H,9-10H2,1-3H3,(H,23,24)/b8-7+. The molecule has 0 spiro atoms. The molecule has 0 aliphatic rings. The van der Waals surface area contributed by atoms with E-state index in [4.69, 9.17) is 37.4 Å². The molecular formula is C20H21Cl2NO4. The van der Waals surface area contributed by atoms with Crippen LogP contribution in [0.25, 0.3) is 6.08 Å². The number of benzene rings is 2. The van der Waals surface area contributed by atoms with E-state index in [1.165, 1.54) is 27.4 Å². The van der Waals surface area contributed by atoms with Crippen molar-refractivity contribution in [3.05, 3.63) is 57.6 Å². The smallest absolute Gasteiger partial charge is 0.244 e. The zero-order valence-corrected chi connectivity index (χ0v) is 16.9. The molecule has 0 aromatic heterocycles. The summed E-state index contributed by atoms with van der Waals surface area (Å²) < 4.78 is 15.9. The highest BCUT2D eigenvalue weighted by molar-refractivity contribution is 6.36. The molecule has 0 bridgehead atoms. The first-order valence-corrected chi connectivity index (χ1v) is 8.94. The normalized spacial score (nSPS) is 10.7. The van der Waals surface area contributed by atoms with E-state index in [0.717, 1.165) is 11.1 Å². The molecule has 0 heterocycles. The summed E-state index contributed by atoms with van der Waals surface area (Å²) >= 11 is 12.2. The minimum absolute atomic E-state index is 0.230. The van der Waals surface area contributed by atoms with Gasteiger partial charge in [-0.2, -0.15) is 0 Å². The van der Waals surface area contributed by atoms with Crippen LogP contribution in [0.15, 0.2) is 36.4 Å². The van der Waals surface area contributed by atoms with Gasteiger partial charge in [0.25, 0.3) is 0 Å². The lowest BCUT2D eigenvalue weighted by molar-refractivity contribution is -0.116. The van der Waals surface area contributed by atoms with E-state index in [2.05, 4.69) is 5.32 Å². The third-order valence-corrected chi connectivity index (χ3v) is 4.56. The molecule has 27 heavy (non-hydrogen) atoms. The molecule has 0 fully saturated rings. The van der Waals surface area contributed by atoms with Crippen LogP contribution in [0.3, 0.4) is 0 Å². The van der Waals surface area contributed by atoms with Crippen molar-refractivity contribution in [2.45, 2.75) is 6.42 Å². The fraction of sp³-hybridized carbons (Fsp3) is 0.250. The maximum absolute atomic E-state index is 12.1. The van der Waals surface area contributed by atoms with Crippen molar-refractivity contribution in [2.24, 2.45) is 0 Å². The van der Waals surface area contributed by atoms with E-state index in [1.807, 2.05) is 0 Å². The maximum Gasteiger partial charge on any atom is 0.244 e. The van der Waals surface area contributed by atoms with Gasteiger partial charge >= 0.3 is 0 Å². The Kier molecular flexibility index (Phi) is 7.82. The summed E-state index contributed by atoms with van der Waals surface area (Å²) in [6.07, 6.45) is 3.65. The molecule has 2 rings (SSSR count). The van der Waals surface area contributed by atoms with Crippen LogP contribution in [0.2, 0.25) is 10.0 Å². The van der Waals surface area contributed by atoms with E-state index in [-0.39, 0.29) is 5.91 Å². The van der Waals surface area contributed by atoms with E-state index in [1.54, 1.807) is 36.4 Å². The second kappa shape index (κ2) is 10.1. The van der Waals surface area contributed by atoms with E-state index < -0.39 is 0 Å². The second-order valence-corrected chi connectivity index (χ2v) is 6.35. The third-order valence-electron chi connectivity index (χ3n) is 3.85. The Morgan fingerprint density at radius 1 is 1.04 bits per heavy atom. The van der Waals surface area contributed by atoms with Crippen LogP contribution in [-0.2, 0) is 11.2 Å². The Bertz CT molecular complexity index is 791. The second-order valence-electron chi connectivity index (χ2n) is 5.53. The number of nitrogens with one attached hydrogen (secondary N) is 1. The molecule has 0 aliphatic heterocycles. The molecule has 0 unspecified atom stereocenters. The number of carbonyl (C=O) groups is 1. The number of hydrogen-bond donors (Lipinski definition) is 1. The highest BCUT2D eigenvalue weighted by Gasteiger charge is 2.12. The quantitative estimate of drug-likeness (QED) is 0.656. The Morgan fingerprint density at radius 3 is 2.15 bits per heavy atom. The van der Waals surface area contributed by atoms with Crippen molar-refractivity contribution in [3.8, 4) is 17.2 Å². The zero-order valence-electron chi connectivity index (χ0n) is 15.3. The van der Waals surface area contributed by atoms with Gasteiger partial charge in [0.1, 0.15) is 0 Å². The Labute approximate surface area is 168 Å². The van der Waals surface area contributed by atoms with Gasteiger partial charge in [0, 0.05) is 22.7 Å². The number of methoxy groups -OCH3 is 3. The first-order chi connectivity index (χ1) is 13.0. The van der Waals surface area contributed by atoms with Crippen LogP contribution >= 0.6 is 23.2 Å². The van der Waals surface area contributed by atoms with Crippen LogP contribution in [0.1, 0.15) is 11.1 Å². The highest BCUT2D eigenvalue weighted by atomic mass is 35.5. The number of ether oxygens (including phenoxy) is 3. The predicted molar refractivity (Wildman–Crippen MR) is 108 cm³/mol. The molecule has 1 amide bonds. The topological polar surface area (TPSA) is 56.8 Å². The number of hydrogen-bond acceptors (Lipinski definition) is 4. The number of carbonyl (C=O) groups excluding carboxylic acids is 1. The summed E-state index contributed by atoms with van der Waals surface area (Å²) in [5, 5.41) is 3.98. The van der Waals surface area contributed by atoms with Crippen LogP contribution in [0.5, 0.6) is 17.2 Å². The molecule has 0 saturated carbocycles. The third kappa shape index (κ3) is 5.55. The van der Waals surface area contributed by atoms with Gasteiger partial charge in [-0.25, -0.2) is 0 Å². The Hall–Kier alpha value is -2.37. The van der Waals surface area contributed by atoms with Gasteiger partial charge < -0.3 is 19.5 Å². The summed E-state index contributed by atoms with van der Waals surface area (Å²) in [4.78, 5) is 12.1. The van der Waals surface area contributed by atoms with Crippen molar-refractivity contribution in [1.82, 2.24) is 5.32 Å². The Morgan fingerprint density at radius 2 is 1.63 bits per heavy atom. The predicted octanol–water partition coefficient (Wildman–Crippen LogP) is 4.39. The van der Waals surface area contributed by atoms with Crippen LogP contribution in [0.4, 0.5) is 0 Å². The minimum atomic E-state index is -0.230. The van der Waals surface area contributed by atoms with Gasteiger partial charge in [0.15, 0.2) is 11.5 Å². The minimum Gasteiger partial charge on any atom is -0.493 e. The van der Waals surface area contributed by atoms with Crippen molar-refractivity contribution in [3.63, 3.8) is 0 Å². The maximum atomic E-state index is 12.1. The van der Waals surface area contributed by atoms with Crippen molar-refractivity contribution >= 4 is 35.2 Å². The summed E-state index contributed by atoms with van der Waals surface area (Å²) in [7, 11) is 4.61. The van der Waals surface area contributed by atoms with Crippen molar-refractivity contribution in [1.29, 1.82) is 0 Å². The van der Waals surface area contributed by atoms with Gasteiger partial charge in [0.05, 0.1) is 21.3 Å². The zero-order chi connectivity index (χ0) is 19.8. The van der Waals surface area contributed by atoms with Gasteiger partial charge in [-0.1, -0.05) is 29.3 Å². The SMILES string of the molecule is COc1cc(/C=C/C(=O)NCCc2c(Cl)cccc2Cl)cc(OC)c1OC. The van der Waals surface area contributed by atoms with E-state index in [9.17, 15) is 4.79 Å². The average Bonchev–Trinajstić information content (AvgIpc) is 2.67. The summed E-state index contributed by atoms with van der Waals surface area (Å²) in [5.74, 6) is 1.31. The van der Waals surface area contributed by atoms with E-state index >= 15 is 0 Å². The summed E-state index contributed by atoms with van der Waals surface area (Å²) in [6.45, 7) is 0.419. The van der Waals surface area contributed by atoms with Crippen LogP contribution in [0, 0.1) is 0 Å². The first kappa shape index (κ1) is 20.9. The van der Waals surface area contributed by atoms with Crippen molar-refractivity contribution in [2.75, 3.05) is 27.9 Å². The number of amides is 1. The van der Waals surface area contributed by atoms with Crippen LogP contribution in [-0.4, -0.2) is 33.8 Å².